The monoisotopic (exact) mass is 242 g/mol. The highest BCUT2D eigenvalue weighted by atomic mass is 16.5. The normalized spacial score (nSPS) is 21.4. The summed E-state index contributed by atoms with van der Waals surface area (Å²) in [5, 5.41) is 3.74. The van der Waals surface area contributed by atoms with E-state index in [-0.39, 0.29) is 0 Å². The van der Waals surface area contributed by atoms with Crippen molar-refractivity contribution < 1.29 is 4.74 Å². The van der Waals surface area contributed by atoms with Gasteiger partial charge in [-0.3, -0.25) is 0 Å². The lowest BCUT2D eigenvalue weighted by atomic mass is 9.84. The lowest BCUT2D eigenvalue weighted by Gasteiger charge is -2.31. The van der Waals surface area contributed by atoms with Gasteiger partial charge in [0.05, 0.1) is 6.61 Å². The van der Waals surface area contributed by atoms with Crippen LogP contribution in [0.3, 0.4) is 0 Å². The molecule has 2 unspecified atom stereocenters. The topological polar surface area (TPSA) is 47.3 Å². The number of nitrogens with one attached hydrogen (secondary N) is 1. The molecular formula is C14H30N2O. The summed E-state index contributed by atoms with van der Waals surface area (Å²) < 4.78 is 5.29. The van der Waals surface area contributed by atoms with Gasteiger partial charge in [0.1, 0.15) is 0 Å². The van der Waals surface area contributed by atoms with Crippen molar-refractivity contribution in [2.24, 2.45) is 11.7 Å². The van der Waals surface area contributed by atoms with Gasteiger partial charge in [-0.25, -0.2) is 0 Å². The SMILES string of the molecule is COCC(CCCN)NC(C)C1CCCCC1. The van der Waals surface area contributed by atoms with Crippen LogP contribution in [0, 0.1) is 5.92 Å². The second kappa shape index (κ2) is 8.90. The zero-order valence-electron chi connectivity index (χ0n) is 11.6. The third kappa shape index (κ3) is 5.84. The second-order valence-electron chi connectivity index (χ2n) is 5.44. The molecule has 0 radical (unpaired) electrons. The van der Waals surface area contributed by atoms with Crippen LogP contribution in [0.25, 0.3) is 0 Å². The van der Waals surface area contributed by atoms with Crippen LogP contribution in [0.5, 0.6) is 0 Å². The molecule has 17 heavy (non-hydrogen) atoms. The Hall–Kier alpha value is -0.120. The van der Waals surface area contributed by atoms with Crippen molar-refractivity contribution in [1.82, 2.24) is 5.32 Å². The van der Waals surface area contributed by atoms with E-state index in [0.29, 0.717) is 12.1 Å². The van der Waals surface area contributed by atoms with Crippen molar-refractivity contribution in [3.63, 3.8) is 0 Å². The first-order chi connectivity index (χ1) is 8.27. The van der Waals surface area contributed by atoms with E-state index in [0.717, 1.165) is 31.9 Å². The van der Waals surface area contributed by atoms with Crippen molar-refractivity contribution in [2.75, 3.05) is 20.3 Å². The molecule has 1 aliphatic carbocycles. The fraction of sp³-hybridized carbons (Fsp3) is 1.00. The summed E-state index contributed by atoms with van der Waals surface area (Å²) in [5.74, 6) is 0.862. The number of ether oxygens (including phenoxy) is 1. The van der Waals surface area contributed by atoms with E-state index in [1.54, 1.807) is 7.11 Å². The molecule has 1 saturated carbocycles. The second-order valence-corrected chi connectivity index (χ2v) is 5.44. The molecule has 1 aliphatic rings. The van der Waals surface area contributed by atoms with Crippen molar-refractivity contribution in [2.45, 2.75) is 64.0 Å². The third-order valence-electron chi connectivity index (χ3n) is 3.98. The zero-order chi connectivity index (χ0) is 12.5. The van der Waals surface area contributed by atoms with E-state index in [9.17, 15) is 0 Å². The van der Waals surface area contributed by atoms with Crippen molar-refractivity contribution in [3.8, 4) is 0 Å². The molecule has 3 heteroatoms. The Morgan fingerprint density at radius 1 is 1.29 bits per heavy atom. The van der Waals surface area contributed by atoms with Crippen LogP contribution in [0.4, 0.5) is 0 Å². The van der Waals surface area contributed by atoms with Gasteiger partial charge in [-0.2, -0.15) is 0 Å². The summed E-state index contributed by atoms with van der Waals surface area (Å²) in [6.45, 7) is 3.91. The molecule has 0 amide bonds. The van der Waals surface area contributed by atoms with Gasteiger partial charge in [-0.15, -0.1) is 0 Å². The third-order valence-corrected chi connectivity index (χ3v) is 3.98. The Labute approximate surface area is 106 Å². The molecule has 0 bridgehead atoms. The summed E-state index contributed by atoms with van der Waals surface area (Å²) in [5.41, 5.74) is 5.58. The van der Waals surface area contributed by atoms with Gasteiger partial charge in [0, 0.05) is 19.2 Å². The highest BCUT2D eigenvalue weighted by Crippen LogP contribution is 2.26. The van der Waals surface area contributed by atoms with Gasteiger partial charge in [0.25, 0.3) is 0 Å². The van der Waals surface area contributed by atoms with Crippen molar-refractivity contribution >= 4 is 0 Å². The predicted molar refractivity (Wildman–Crippen MR) is 73.1 cm³/mol. The molecule has 0 spiro atoms. The number of nitrogens with two attached hydrogens (primary N) is 1. The highest BCUT2D eigenvalue weighted by Gasteiger charge is 2.22. The average Bonchev–Trinajstić information content (AvgIpc) is 2.37. The van der Waals surface area contributed by atoms with Gasteiger partial charge in [0.2, 0.25) is 0 Å². The molecule has 0 heterocycles. The lowest BCUT2D eigenvalue weighted by Crippen LogP contribution is -2.44. The quantitative estimate of drug-likeness (QED) is 0.686. The van der Waals surface area contributed by atoms with Crippen LogP contribution < -0.4 is 11.1 Å². The van der Waals surface area contributed by atoms with Crippen molar-refractivity contribution in [1.29, 1.82) is 0 Å². The molecule has 1 fully saturated rings. The minimum Gasteiger partial charge on any atom is -0.383 e. The number of hydrogen-bond donors (Lipinski definition) is 2. The number of rotatable bonds is 8. The molecule has 1 rings (SSSR count). The van der Waals surface area contributed by atoms with Gasteiger partial charge in [-0.1, -0.05) is 19.3 Å². The van der Waals surface area contributed by atoms with Crippen LogP contribution in [-0.2, 0) is 4.74 Å². The molecule has 3 N–H and O–H groups in total. The fourth-order valence-electron chi connectivity index (χ4n) is 2.92. The summed E-state index contributed by atoms with van der Waals surface area (Å²) in [7, 11) is 1.78. The Balaban J connectivity index is 2.30. The molecule has 0 aromatic rings. The highest BCUT2D eigenvalue weighted by molar-refractivity contribution is 4.79. The predicted octanol–water partition coefficient (Wildman–Crippen LogP) is 2.30. The Morgan fingerprint density at radius 3 is 2.59 bits per heavy atom. The Bertz CT molecular complexity index is 181. The van der Waals surface area contributed by atoms with E-state index in [1.807, 2.05) is 0 Å². The van der Waals surface area contributed by atoms with E-state index < -0.39 is 0 Å². The Morgan fingerprint density at radius 2 is 2.00 bits per heavy atom. The summed E-state index contributed by atoms with van der Waals surface area (Å²) in [4.78, 5) is 0. The van der Waals surface area contributed by atoms with Gasteiger partial charge in [-0.05, 0) is 45.1 Å². The maximum atomic E-state index is 5.58. The molecule has 2 atom stereocenters. The van der Waals surface area contributed by atoms with Crippen LogP contribution in [0.2, 0.25) is 0 Å². The summed E-state index contributed by atoms with van der Waals surface area (Å²) >= 11 is 0. The van der Waals surface area contributed by atoms with E-state index >= 15 is 0 Å². The maximum absolute atomic E-state index is 5.58. The molecule has 0 aromatic carbocycles. The van der Waals surface area contributed by atoms with Crippen LogP contribution in [0.15, 0.2) is 0 Å². The number of hydrogen-bond acceptors (Lipinski definition) is 3. The molecule has 0 saturated heterocycles. The van der Waals surface area contributed by atoms with Gasteiger partial charge >= 0.3 is 0 Å². The molecule has 0 aromatic heterocycles. The fourth-order valence-corrected chi connectivity index (χ4v) is 2.92. The molecule has 3 nitrogen and oxygen atoms in total. The standard InChI is InChI=1S/C14H30N2O/c1-12(13-7-4-3-5-8-13)16-14(11-17-2)9-6-10-15/h12-14,16H,3-11,15H2,1-2H3. The van der Waals surface area contributed by atoms with E-state index in [2.05, 4.69) is 12.2 Å². The first kappa shape index (κ1) is 14.9. The van der Waals surface area contributed by atoms with E-state index in [4.69, 9.17) is 10.5 Å². The minimum absolute atomic E-state index is 0.473. The average molecular weight is 242 g/mol. The first-order valence-electron chi connectivity index (χ1n) is 7.23. The number of methoxy groups -OCH3 is 1. The van der Waals surface area contributed by atoms with E-state index in [1.165, 1.54) is 32.1 Å². The largest absolute Gasteiger partial charge is 0.383 e. The molecule has 102 valence electrons. The first-order valence-corrected chi connectivity index (χ1v) is 7.23. The maximum Gasteiger partial charge on any atom is 0.0615 e. The van der Waals surface area contributed by atoms with Crippen LogP contribution >= 0.6 is 0 Å². The van der Waals surface area contributed by atoms with Gasteiger partial charge in [0.15, 0.2) is 0 Å². The molecular weight excluding hydrogens is 212 g/mol. The molecule has 0 aliphatic heterocycles. The van der Waals surface area contributed by atoms with Crippen LogP contribution in [0.1, 0.15) is 51.9 Å². The zero-order valence-corrected chi connectivity index (χ0v) is 11.6. The summed E-state index contributed by atoms with van der Waals surface area (Å²) in [6.07, 6.45) is 9.25. The minimum atomic E-state index is 0.473. The van der Waals surface area contributed by atoms with Gasteiger partial charge < -0.3 is 15.8 Å². The smallest absolute Gasteiger partial charge is 0.0615 e. The lowest BCUT2D eigenvalue weighted by molar-refractivity contribution is 0.145. The van der Waals surface area contributed by atoms with Crippen molar-refractivity contribution in [3.05, 3.63) is 0 Å². The Kier molecular flexibility index (Phi) is 7.82. The van der Waals surface area contributed by atoms with Crippen LogP contribution in [-0.4, -0.2) is 32.3 Å². The summed E-state index contributed by atoms with van der Waals surface area (Å²) in [6, 6.07) is 1.09.